The Hall–Kier alpha value is -2.21. The van der Waals surface area contributed by atoms with Crippen LogP contribution in [0.15, 0.2) is 35.5 Å². The van der Waals surface area contributed by atoms with Crippen LogP contribution < -0.4 is 0 Å². The molecule has 1 aliphatic carbocycles. The number of carbonyl (C=O) groups is 3. The summed E-state index contributed by atoms with van der Waals surface area (Å²) in [4.78, 5) is 35.5. The summed E-state index contributed by atoms with van der Waals surface area (Å²) in [5, 5.41) is 10.9. The molecule has 25 heavy (non-hydrogen) atoms. The van der Waals surface area contributed by atoms with Crippen molar-refractivity contribution in [3.05, 3.63) is 35.5 Å². The van der Waals surface area contributed by atoms with E-state index in [-0.39, 0.29) is 11.1 Å². The van der Waals surface area contributed by atoms with Crippen LogP contribution in [0, 0.1) is 11.8 Å². The van der Waals surface area contributed by atoms with Crippen LogP contribution in [0.25, 0.3) is 0 Å². The van der Waals surface area contributed by atoms with E-state index in [2.05, 4.69) is 6.58 Å². The predicted octanol–water partition coefficient (Wildman–Crippen LogP) is 1.88. The molecule has 4 atom stereocenters. The van der Waals surface area contributed by atoms with Gasteiger partial charge in [-0.2, -0.15) is 0 Å². The summed E-state index contributed by atoms with van der Waals surface area (Å²) in [6.45, 7) is 8.93. The van der Waals surface area contributed by atoms with Crippen LogP contribution >= 0.6 is 0 Å². The van der Waals surface area contributed by atoms with E-state index in [0.29, 0.717) is 19.1 Å². The molecule has 0 aromatic rings. The third-order valence-electron chi connectivity index (χ3n) is 4.49. The SMILES string of the molecule is C=C1C(=O)O[C@@H]2/C=C(\C)CC/C=C(/C=O)[C@H](OC(=O)C(C)C)[C@@H](O)[C@@H]12. The van der Waals surface area contributed by atoms with Gasteiger partial charge in [-0.1, -0.05) is 32.1 Å². The highest BCUT2D eigenvalue weighted by molar-refractivity contribution is 5.91. The molecule has 0 amide bonds. The quantitative estimate of drug-likeness (QED) is 0.362. The minimum absolute atomic E-state index is 0.109. The van der Waals surface area contributed by atoms with Crippen LogP contribution in [0.4, 0.5) is 0 Å². The first-order chi connectivity index (χ1) is 11.8. The maximum atomic E-state index is 12.1. The molecule has 136 valence electrons. The van der Waals surface area contributed by atoms with Crippen molar-refractivity contribution in [1.82, 2.24) is 0 Å². The van der Waals surface area contributed by atoms with Crippen molar-refractivity contribution in [3.63, 3.8) is 0 Å². The van der Waals surface area contributed by atoms with Crippen molar-refractivity contribution >= 4 is 18.2 Å². The molecule has 0 saturated carbocycles. The largest absolute Gasteiger partial charge is 0.454 e. The van der Waals surface area contributed by atoms with Gasteiger partial charge in [-0.3, -0.25) is 9.59 Å². The van der Waals surface area contributed by atoms with Crippen molar-refractivity contribution in [3.8, 4) is 0 Å². The molecule has 0 spiro atoms. The Morgan fingerprint density at radius 3 is 2.76 bits per heavy atom. The summed E-state index contributed by atoms with van der Waals surface area (Å²) in [6.07, 6.45) is 2.05. The van der Waals surface area contributed by atoms with Gasteiger partial charge in [-0.15, -0.1) is 0 Å². The molecule has 0 radical (unpaired) electrons. The Bertz CT molecular complexity index is 642. The number of allylic oxidation sites excluding steroid dienone is 2. The molecule has 1 heterocycles. The molecule has 1 N–H and O–H groups in total. The topological polar surface area (TPSA) is 89.9 Å². The Morgan fingerprint density at radius 1 is 1.48 bits per heavy atom. The van der Waals surface area contributed by atoms with Gasteiger partial charge < -0.3 is 14.6 Å². The second kappa shape index (κ2) is 7.78. The Kier molecular flexibility index (Phi) is 5.95. The first-order valence-electron chi connectivity index (χ1n) is 8.37. The van der Waals surface area contributed by atoms with Crippen molar-refractivity contribution in [2.45, 2.75) is 51.9 Å². The van der Waals surface area contributed by atoms with Gasteiger partial charge in [0.15, 0.2) is 6.10 Å². The molecule has 0 unspecified atom stereocenters. The smallest absolute Gasteiger partial charge is 0.334 e. The molecule has 2 rings (SSSR count). The zero-order valence-electron chi connectivity index (χ0n) is 14.7. The average Bonchev–Trinajstić information content (AvgIpc) is 2.82. The Morgan fingerprint density at radius 2 is 2.16 bits per heavy atom. The highest BCUT2D eigenvalue weighted by atomic mass is 16.6. The van der Waals surface area contributed by atoms with E-state index in [1.165, 1.54) is 0 Å². The number of aldehydes is 1. The van der Waals surface area contributed by atoms with Gasteiger partial charge in [0.1, 0.15) is 18.5 Å². The lowest BCUT2D eigenvalue weighted by atomic mass is 9.84. The highest BCUT2D eigenvalue weighted by Crippen LogP contribution is 2.35. The van der Waals surface area contributed by atoms with Crippen LogP contribution in [0.2, 0.25) is 0 Å². The number of rotatable bonds is 3. The maximum absolute atomic E-state index is 12.1. The fourth-order valence-corrected chi connectivity index (χ4v) is 2.99. The maximum Gasteiger partial charge on any atom is 0.334 e. The van der Waals surface area contributed by atoms with E-state index in [9.17, 15) is 19.5 Å². The number of fused-ring (bicyclic) bond motifs is 1. The second-order valence-corrected chi connectivity index (χ2v) is 6.80. The molecule has 6 nitrogen and oxygen atoms in total. The van der Waals surface area contributed by atoms with Crippen molar-refractivity contribution in [2.24, 2.45) is 11.8 Å². The van der Waals surface area contributed by atoms with Crippen LogP contribution in [-0.4, -0.2) is 41.6 Å². The molecule has 0 bridgehead atoms. The number of hydrogen-bond acceptors (Lipinski definition) is 6. The average molecular weight is 348 g/mol. The predicted molar refractivity (Wildman–Crippen MR) is 90.4 cm³/mol. The lowest BCUT2D eigenvalue weighted by Gasteiger charge is -2.30. The minimum Gasteiger partial charge on any atom is -0.454 e. The zero-order valence-corrected chi connectivity index (χ0v) is 14.7. The lowest BCUT2D eigenvalue weighted by molar-refractivity contribution is -0.158. The summed E-state index contributed by atoms with van der Waals surface area (Å²) in [5.41, 5.74) is 1.27. The first kappa shape index (κ1) is 19.1. The molecule has 2 aliphatic rings. The number of aliphatic hydroxyl groups is 1. The van der Waals surface area contributed by atoms with E-state index in [4.69, 9.17) is 9.47 Å². The van der Waals surface area contributed by atoms with Crippen molar-refractivity contribution < 1.29 is 29.0 Å². The number of ether oxygens (including phenoxy) is 2. The second-order valence-electron chi connectivity index (χ2n) is 6.80. The number of hydrogen-bond donors (Lipinski definition) is 1. The Labute approximate surface area is 147 Å². The van der Waals surface area contributed by atoms with E-state index >= 15 is 0 Å². The number of aliphatic hydroxyl groups excluding tert-OH is 1. The van der Waals surface area contributed by atoms with Gasteiger partial charge in [0.05, 0.1) is 11.8 Å². The van der Waals surface area contributed by atoms with Crippen LogP contribution in [0.3, 0.4) is 0 Å². The van der Waals surface area contributed by atoms with E-state index < -0.39 is 42.1 Å². The van der Waals surface area contributed by atoms with Crippen LogP contribution in [0.5, 0.6) is 0 Å². The summed E-state index contributed by atoms with van der Waals surface area (Å²) in [6, 6.07) is 0. The highest BCUT2D eigenvalue weighted by Gasteiger charge is 2.46. The first-order valence-corrected chi connectivity index (χ1v) is 8.37. The summed E-state index contributed by atoms with van der Waals surface area (Å²) >= 11 is 0. The van der Waals surface area contributed by atoms with E-state index in [1.807, 2.05) is 6.92 Å². The normalized spacial score (nSPS) is 34.3. The lowest BCUT2D eigenvalue weighted by Crippen LogP contribution is -2.42. The fourth-order valence-electron chi connectivity index (χ4n) is 2.99. The zero-order chi connectivity index (χ0) is 18.7. The molecular weight excluding hydrogens is 324 g/mol. The fraction of sp³-hybridized carbons (Fsp3) is 0.526. The molecule has 0 aromatic carbocycles. The Balaban J connectivity index is 2.46. The molecule has 1 saturated heterocycles. The number of esters is 2. The monoisotopic (exact) mass is 348 g/mol. The van der Waals surface area contributed by atoms with Gasteiger partial charge in [0.25, 0.3) is 0 Å². The standard InChI is InChI=1S/C19H24O6/c1-10(2)18(22)25-17-13(9-20)7-5-6-11(3)8-14-15(16(17)21)12(4)19(23)24-14/h7-10,14-17,21H,4-6H2,1-3H3/b11-8+,13-7-/t14-,15+,16+,17+/m1/s1. The van der Waals surface area contributed by atoms with Gasteiger partial charge in [0, 0.05) is 11.1 Å². The molecular formula is C19H24O6. The summed E-state index contributed by atoms with van der Waals surface area (Å²) in [5.74, 6) is -2.33. The van der Waals surface area contributed by atoms with E-state index in [1.54, 1.807) is 26.0 Å². The third kappa shape index (κ3) is 4.07. The van der Waals surface area contributed by atoms with Gasteiger partial charge in [-0.05, 0) is 25.8 Å². The minimum atomic E-state index is -1.31. The van der Waals surface area contributed by atoms with Gasteiger partial charge >= 0.3 is 11.9 Å². The molecule has 1 aliphatic heterocycles. The molecule has 1 fully saturated rings. The van der Waals surface area contributed by atoms with Crippen molar-refractivity contribution in [1.29, 1.82) is 0 Å². The van der Waals surface area contributed by atoms with Crippen LogP contribution in [0.1, 0.15) is 33.6 Å². The van der Waals surface area contributed by atoms with Gasteiger partial charge in [-0.25, -0.2) is 4.79 Å². The number of carbonyl (C=O) groups excluding carboxylic acids is 3. The molecule has 0 aromatic heterocycles. The van der Waals surface area contributed by atoms with E-state index in [0.717, 1.165) is 5.57 Å². The summed E-state index contributed by atoms with van der Waals surface area (Å²) in [7, 11) is 0. The van der Waals surface area contributed by atoms with Crippen LogP contribution in [-0.2, 0) is 23.9 Å². The third-order valence-corrected chi connectivity index (χ3v) is 4.49. The summed E-state index contributed by atoms with van der Waals surface area (Å²) < 4.78 is 10.7. The van der Waals surface area contributed by atoms with Crippen molar-refractivity contribution in [2.75, 3.05) is 0 Å². The molecule has 6 heteroatoms. The van der Waals surface area contributed by atoms with Gasteiger partial charge in [0.2, 0.25) is 0 Å².